The molecule has 0 aliphatic heterocycles. The first kappa shape index (κ1) is 35.8. The van der Waals surface area contributed by atoms with E-state index in [1.165, 1.54) is 12.1 Å². The van der Waals surface area contributed by atoms with Gasteiger partial charge in [-0.1, -0.05) is 60.7 Å². The SMILES string of the molecule is Cc1cc(-c2ccc(/N=N/c3cc(N)c4ccccc4c3S(=O)(=O)O)c(C)c2)ccc1/N=N/c1cc(N)c2ccccc2c1S(=O)(=O)O.[Na]. The molecular formula is C34H28N6NaO6S2. The van der Waals surface area contributed by atoms with E-state index in [1.54, 1.807) is 60.7 Å². The molecule has 6 aromatic rings. The van der Waals surface area contributed by atoms with Crippen LogP contribution in [0.25, 0.3) is 32.7 Å². The van der Waals surface area contributed by atoms with Crippen molar-refractivity contribution in [2.24, 2.45) is 20.5 Å². The minimum Gasteiger partial charge on any atom is -0.398 e. The number of benzene rings is 6. The van der Waals surface area contributed by atoms with Crippen molar-refractivity contribution in [2.45, 2.75) is 23.6 Å². The molecule has 6 rings (SSSR count). The smallest absolute Gasteiger partial charge is 0.297 e. The molecule has 0 aliphatic rings. The third-order valence-corrected chi connectivity index (χ3v) is 9.68. The van der Waals surface area contributed by atoms with E-state index in [0.717, 1.165) is 22.3 Å². The molecule has 49 heavy (non-hydrogen) atoms. The topological polar surface area (TPSA) is 210 Å². The zero-order valence-electron chi connectivity index (χ0n) is 26.5. The van der Waals surface area contributed by atoms with Gasteiger partial charge in [-0.2, -0.15) is 27.1 Å². The van der Waals surface area contributed by atoms with Crippen LogP contribution in [0.5, 0.6) is 0 Å². The predicted octanol–water partition coefficient (Wildman–Crippen LogP) is 8.38. The second kappa shape index (κ2) is 13.8. The van der Waals surface area contributed by atoms with Crippen LogP contribution in [-0.2, 0) is 20.2 Å². The standard InChI is InChI=1S/C34H28N6O6S2.Na/c1-19-15-21(11-13-29(19)37-39-31-17-27(35)23-7-3-5-9-25(23)33(31)47(41,42)43)22-12-14-30(20(2)16-22)38-40-32-18-28(36)24-8-4-6-10-26(24)34(32)48(44,45)46;/h3-18H,35-36H2,1-2H3,(H,41,42,43)(H,44,45,46);/b39-37+,40-38+;. The largest absolute Gasteiger partial charge is 0.398 e. The van der Waals surface area contributed by atoms with E-state index < -0.39 is 20.2 Å². The van der Waals surface area contributed by atoms with Gasteiger partial charge in [-0.05, 0) is 72.5 Å². The van der Waals surface area contributed by atoms with Crippen molar-refractivity contribution in [1.82, 2.24) is 0 Å². The van der Waals surface area contributed by atoms with Crippen LogP contribution in [0.1, 0.15) is 11.1 Å². The normalized spacial score (nSPS) is 12.2. The number of rotatable bonds is 7. The van der Waals surface area contributed by atoms with E-state index >= 15 is 0 Å². The Hall–Kier alpha value is -4.54. The molecule has 0 heterocycles. The molecule has 15 heteroatoms. The third-order valence-electron chi connectivity index (χ3n) is 7.79. The van der Waals surface area contributed by atoms with Crippen LogP contribution >= 0.6 is 0 Å². The summed E-state index contributed by atoms with van der Waals surface area (Å²) in [5.74, 6) is 0. The molecule has 0 bridgehead atoms. The summed E-state index contributed by atoms with van der Waals surface area (Å²) in [6, 6.07) is 26.7. The van der Waals surface area contributed by atoms with Gasteiger partial charge in [-0.15, -0.1) is 10.2 Å². The zero-order chi connectivity index (χ0) is 34.4. The van der Waals surface area contributed by atoms with Crippen molar-refractivity contribution in [3.05, 3.63) is 108 Å². The molecular weight excluding hydrogens is 676 g/mol. The molecule has 0 atom stereocenters. The van der Waals surface area contributed by atoms with Crippen molar-refractivity contribution in [3.8, 4) is 11.1 Å². The fourth-order valence-corrected chi connectivity index (χ4v) is 7.16. The molecule has 6 N–H and O–H groups in total. The van der Waals surface area contributed by atoms with Gasteiger partial charge in [0.1, 0.15) is 21.2 Å². The van der Waals surface area contributed by atoms with Crippen molar-refractivity contribution >= 4 is 105 Å². The molecule has 0 aromatic heterocycles. The van der Waals surface area contributed by atoms with Crippen LogP contribution < -0.4 is 11.5 Å². The molecule has 0 aliphatic carbocycles. The van der Waals surface area contributed by atoms with Gasteiger partial charge in [-0.3, -0.25) is 9.11 Å². The third kappa shape index (κ3) is 7.26. The zero-order valence-corrected chi connectivity index (χ0v) is 30.2. The Morgan fingerprint density at radius 3 is 1.14 bits per heavy atom. The van der Waals surface area contributed by atoms with Crippen LogP contribution in [0.15, 0.2) is 127 Å². The summed E-state index contributed by atoms with van der Waals surface area (Å²) in [6.07, 6.45) is 0. The van der Waals surface area contributed by atoms with Crippen LogP contribution in [0.4, 0.5) is 34.1 Å². The average Bonchev–Trinajstić information content (AvgIpc) is 3.02. The van der Waals surface area contributed by atoms with Crippen molar-refractivity contribution < 1.29 is 25.9 Å². The Bertz CT molecular complexity index is 2400. The van der Waals surface area contributed by atoms with Crippen LogP contribution in [0.3, 0.4) is 0 Å². The summed E-state index contributed by atoms with van der Waals surface area (Å²) in [6.45, 7) is 3.65. The van der Waals surface area contributed by atoms with Gasteiger partial charge in [0.2, 0.25) is 0 Å². The summed E-state index contributed by atoms with van der Waals surface area (Å²) in [7, 11) is -9.30. The summed E-state index contributed by atoms with van der Waals surface area (Å²) in [5, 5.41) is 18.2. The predicted molar refractivity (Wildman–Crippen MR) is 192 cm³/mol. The second-order valence-electron chi connectivity index (χ2n) is 11.1. The van der Waals surface area contributed by atoms with Gasteiger partial charge in [-0.25, -0.2) is 0 Å². The maximum atomic E-state index is 12.3. The molecule has 0 saturated carbocycles. The Morgan fingerprint density at radius 1 is 0.490 bits per heavy atom. The first-order valence-electron chi connectivity index (χ1n) is 14.3. The Morgan fingerprint density at radius 2 is 0.816 bits per heavy atom. The molecule has 243 valence electrons. The van der Waals surface area contributed by atoms with Gasteiger partial charge in [0, 0.05) is 62.5 Å². The van der Waals surface area contributed by atoms with Gasteiger partial charge >= 0.3 is 0 Å². The fraction of sp³-hybridized carbons (Fsp3) is 0.0588. The molecule has 0 amide bonds. The summed E-state index contributed by atoms with van der Waals surface area (Å²) < 4.78 is 69.2. The number of azo groups is 2. The van der Waals surface area contributed by atoms with E-state index in [4.69, 9.17) is 11.5 Å². The van der Waals surface area contributed by atoms with Gasteiger partial charge in [0.25, 0.3) is 20.2 Å². The van der Waals surface area contributed by atoms with Crippen LogP contribution in [0.2, 0.25) is 0 Å². The molecule has 6 aromatic carbocycles. The summed E-state index contributed by atoms with van der Waals surface area (Å²) >= 11 is 0. The molecule has 0 unspecified atom stereocenters. The molecule has 1 radical (unpaired) electrons. The van der Waals surface area contributed by atoms with E-state index in [0.29, 0.717) is 22.1 Å². The number of nitrogens with zero attached hydrogens (tertiary/aromatic N) is 4. The molecule has 0 spiro atoms. The van der Waals surface area contributed by atoms with Gasteiger partial charge in [0.05, 0.1) is 11.4 Å². The first-order chi connectivity index (χ1) is 22.7. The average molecular weight is 704 g/mol. The Labute approximate surface area is 304 Å². The maximum Gasteiger partial charge on any atom is 0.297 e. The van der Waals surface area contributed by atoms with E-state index in [1.807, 2.05) is 38.1 Å². The van der Waals surface area contributed by atoms with Crippen LogP contribution in [0, 0.1) is 13.8 Å². The monoisotopic (exact) mass is 703 g/mol. The van der Waals surface area contributed by atoms with E-state index in [-0.39, 0.29) is 72.9 Å². The minimum atomic E-state index is -4.65. The minimum absolute atomic E-state index is 0. The number of anilines is 2. The molecule has 12 nitrogen and oxygen atoms in total. The van der Waals surface area contributed by atoms with Crippen molar-refractivity contribution in [3.63, 3.8) is 0 Å². The number of nitrogens with two attached hydrogens (primary N) is 2. The van der Waals surface area contributed by atoms with Gasteiger partial charge < -0.3 is 11.5 Å². The molecule has 0 saturated heterocycles. The Balaban J connectivity index is 0.00000468. The van der Waals surface area contributed by atoms with Crippen molar-refractivity contribution in [1.29, 1.82) is 0 Å². The fourth-order valence-electron chi connectivity index (χ4n) is 5.52. The summed E-state index contributed by atoms with van der Waals surface area (Å²) in [4.78, 5) is -0.757. The maximum absolute atomic E-state index is 12.3. The summed E-state index contributed by atoms with van der Waals surface area (Å²) in [5.41, 5.74) is 16.8. The van der Waals surface area contributed by atoms with Crippen molar-refractivity contribution in [2.75, 3.05) is 11.5 Å². The Kier molecular flexibility index (Phi) is 10.0. The number of aryl methyl sites for hydroxylation is 2. The van der Waals surface area contributed by atoms with E-state index in [9.17, 15) is 25.9 Å². The second-order valence-corrected chi connectivity index (χ2v) is 13.8. The number of nitrogen functional groups attached to an aromatic ring is 2. The first-order valence-corrected chi connectivity index (χ1v) is 17.2. The van der Waals surface area contributed by atoms with E-state index in [2.05, 4.69) is 20.5 Å². The van der Waals surface area contributed by atoms with Gasteiger partial charge in [0.15, 0.2) is 0 Å². The number of fused-ring (bicyclic) bond motifs is 2. The molecule has 0 fully saturated rings. The number of hydrogen-bond donors (Lipinski definition) is 4. The quantitative estimate of drug-likeness (QED) is 0.0547. The number of hydrogen-bond acceptors (Lipinski definition) is 10. The van der Waals surface area contributed by atoms with Crippen LogP contribution in [-0.4, -0.2) is 55.5 Å².